The van der Waals surface area contributed by atoms with Crippen molar-refractivity contribution in [2.75, 3.05) is 30.0 Å². The number of nitrogens with two attached hydrogens (primary N) is 1. The minimum Gasteiger partial charge on any atom is -0.396 e. The molecule has 0 radical (unpaired) electrons. The van der Waals surface area contributed by atoms with Crippen LogP contribution in [0, 0.1) is 10.1 Å². The molecule has 1 aromatic rings. The normalized spacial score (nSPS) is 10.2. The summed E-state index contributed by atoms with van der Waals surface area (Å²) in [5.74, 6) is 0.925. The Hall–Kier alpha value is -1.80. The minimum atomic E-state index is -0.695. The summed E-state index contributed by atoms with van der Waals surface area (Å²) < 4.78 is 0. The number of nitro groups is 1. The number of aliphatic hydroxyl groups excluding tert-OH is 1. The maximum Gasteiger partial charge on any atom is 0.293 e. The van der Waals surface area contributed by atoms with Crippen molar-refractivity contribution in [3.05, 3.63) is 33.9 Å². The number of aliphatic hydroxyl groups is 1. The van der Waals surface area contributed by atoms with Crippen molar-refractivity contribution in [1.82, 2.24) is 0 Å². The number of carbonyl (C=O) groups excluding carboxylic acids is 1. The van der Waals surface area contributed by atoms with E-state index in [9.17, 15) is 14.9 Å². The number of amides is 1. The zero-order valence-electron chi connectivity index (χ0n) is 10.9. The van der Waals surface area contributed by atoms with Crippen LogP contribution in [0.25, 0.3) is 0 Å². The maximum atomic E-state index is 11.0. The number of nitrogens with zero attached hydrogens (tertiary/aromatic N) is 1. The predicted octanol–water partition coefficient (Wildman–Crippen LogP) is 1.22. The van der Waals surface area contributed by atoms with Gasteiger partial charge in [0.15, 0.2) is 0 Å². The number of hydrogen-bond acceptors (Lipinski definition) is 6. The lowest BCUT2D eigenvalue weighted by Gasteiger charge is -2.07. The Morgan fingerprint density at radius 1 is 1.45 bits per heavy atom. The van der Waals surface area contributed by atoms with Gasteiger partial charge in [0.25, 0.3) is 5.69 Å². The van der Waals surface area contributed by atoms with E-state index in [-0.39, 0.29) is 17.9 Å². The summed E-state index contributed by atoms with van der Waals surface area (Å²) in [6.45, 7) is 0.729. The molecule has 20 heavy (non-hydrogen) atoms. The molecule has 0 spiro atoms. The van der Waals surface area contributed by atoms with Gasteiger partial charge < -0.3 is 16.2 Å². The molecule has 0 aliphatic rings. The Bertz CT molecular complexity index is 482. The molecule has 1 rings (SSSR count). The monoisotopic (exact) mass is 299 g/mol. The lowest BCUT2D eigenvalue weighted by atomic mass is 10.1. The Labute approximate surface area is 120 Å². The lowest BCUT2D eigenvalue weighted by Crippen LogP contribution is -2.12. The van der Waals surface area contributed by atoms with Gasteiger partial charge in [-0.2, -0.15) is 11.8 Å². The molecule has 0 saturated carbocycles. The van der Waals surface area contributed by atoms with Crippen molar-refractivity contribution < 1.29 is 14.8 Å². The molecule has 4 N–H and O–H groups in total. The predicted molar refractivity (Wildman–Crippen MR) is 79.1 cm³/mol. The Kier molecular flexibility index (Phi) is 6.82. The molecule has 1 aromatic carbocycles. The van der Waals surface area contributed by atoms with E-state index in [0.29, 0.717) is 12.2 Å². The molecule has 0 fully saturated rings. The highest BCUT2D eigenvalue weighted by Crippen LogP contribution is 2.25. The van der Waals surface area contributed by atoms with Crippen LogP contribution >= 0.6 is 11.8 Å². The summed E-state index contributed by atoms with van der Waals surface area (Å²) in [5.41, 5.74) is 5.40. The fraction of sp³-hybridized carbons (Fsp3) is 0.417. The molecule has 0 bridgehead atoms. The highest BCUT2D eigenvalue weighted by Gasteiger charge is 2.15. The smallest absolute Gasteiger partial charge is 0.293 e. The van der Waals surface area contributed by atoms with Crippen molar-refractivity contribution >= 4 is 29.0 Å². The number of benzene rings is 1. The van der Waals surface area contributed by atoms with E-state index in [2.05, 4.69) is 5.32 Å². The fourth-order valence-electron chi connectivity index (χ4n) is 1.51. The van der Waals surface area contributed by atoms with Crippen LogP contribution in [0.2, 0.25) is 0 Å². The van der Waals surface area contributed by atoms with E-state index in [4.69, 9.17) is 10.8 Å². The van der Waals surface area contributed by atoms with E-state index in [1.54, 1.807) is 11.8 Å². The van der Waals surface area contributed by atoms with Gasteiger partial charge in [-0.1, -0.05) is 0 Å². The van der Waals surface area contributed by atoms with Crippen LogP contribution in [0.3, 0.4) is 0 Å². The summed E-state index contributed by atoms with van der Waals surface area (Å²) in [5, 5.41) is 22.5. The summed E-state index contributed by atoms with van der Waals surface area (Å²) in [4.78, 5) is 21.4. The number of nitro benzene ring substituents is 1. The van der Waals surface area contributed by atoms with Gasteiger partial charge >= 0.3 is 0 Å². The van der Waals surface area contributed by atoms with Crippen molar-refractivity contribution in [3.63, 3.8) is 0 Å². The number of hydrogen-bond donors (Lipinski definition) is 3. The zero-order chi connectivity index (χ0) is 15.0. The topological polar surface area (TPSA) is 118 Å². The van der Waals surface area contributed by atoms with Gasteiger partial charge in [0.1, 0.15) is 5.69 Å². The van der Waals surface area contributed by atoms with Crippen LogP contribution in [-0.2, 0) is 0 Å². The fourth-order valence-corrected chi connectivity index (χ4v) is 2.30. The van der Waals surface area contributed by atoms with Crippen LogP contribution in [0.15, 0.2) is 18.2 Å². The van der Waals surface area contributed by atoms with E-state index >= 15 is 0 Å². The highest BCUT2D eigenvalue weighted by molar-refractivity contribution is 7.99. The van der Waals surface area contributed by atoms with Crippen LogP contribution in [0.5, 0.6) is 0 Å². The quantitative estimate of drug-likeness (QED) is 0.358. The molecule has 7 nitrogen and oxygen atoms in total. The average Bonchev–Trinajstić information content (AvgIpc) is 2.42. The molecular weight excluding hydrogens is 282 g/mol. The van der Waals surface area contributed by atoms with Gasteiger partial charge in [0.2, 0.25) is 5.91 Å². The van der Waals surface area contributed by atoms with Gasteiger partial charge in [0.05, 0.1) is 4.92 Å². The first-order chi connectivity index (χ1) is 9.56. The van der Waals surface area contributed by atoms with Crippen LogP contribution in [-0.4, -0.2) is 40.6 Å². The molecule has 0 saturated heterocycles. The molecule has 1 amide bonds. The summed E-state index contributed by atoms with van der Waals surface area (Å²) in [6.07, 6.45) is 0.734. The van der Waals surface area contributed by atoms with Gasteiger partial charge in [-0.25, -0.2) is 0 Å². The Morgan fingerprint density at radius 2 is 2.20 bits per heavy atom. The summed E-state index contributed by atoms with van der Waals surface area (Å²) in [6, 6.07) is 4.11. The zero-order valence-corrected chi connectivity index (χ0v) is 11.7. The number of nitrogens with one attached hydrogen (secondary N) is 1. The molecule has 0 aromatic heterocycles. The van der Waals surface area contributed by atoms with E-state index in [0.717, 1.165) is 17.9 Å². The van der Waals surface area contributed by atoms with Gasteiger partial charge in [-0.3, -0.25) is 14.9 Å². The minimum absolute atomic E-state index is 0.111. The molecule has 0 atom stereocenters. The van der Waals surface area contributed by atoms with Gasteiger partial charge in [-0.15, -0.1) is 0 Å². The van der Waals surface area contributed by atoms with E-state index < -0.39 is 10.8 Å². The molecule has 0 aliphatic carbocycles. The molecular formula is C12H17N3O4S. The molecule has 8 heteroatoms. The number of primary amides is 1. The molecule has 0 heterocycles. The molecule has 110 valence electrons. The average molecular weight is 299 g/mol. The van der Waals surface area contributed by atoms with Crippen LogP contribution in [0.4, 0.5) is 11.4 Å². The van der Waals surface area contributed by atoms with Crippen molar-refractivity contribution in [2.45, 2.75) is 6.42 Å². The first-order valence-electron chi connectivity index (χ1n) is 6.07. The third kappa shape index (κ3) is 5.06. The third-order valence-corrected chi connectivity index (χ3v) is 3.56. The van der Waals surface area contributed by atoms with Crippen LogP contribution < -0.4 is 11.1 Å². The summed E-state index contributed by atoms with van der Waals surface area (Å²) in [7, 11) is 0. The number of thioether (sulfide) groups is 1. The number of carbonyl (C=O) groups is 1. The first-order valence-corrected chi connectivity index (χ1v) is 7.22. The second-order valence-electron chi connectivity index (χ2n) is 3.97. The second kappa shape index (κ2) is 8.39. The van der Waals surface area contributed by atoms with E-state index in [1.807, 2.05) is 0 Å². The van der Waals surface area contributed by atoms with Crippen molar-refractivity contribution in [2.24, 2.45) is 5.73 Å². The van der Waals surface area contributed by atoms with E-state index in [1.165, 1.54) is 18.2 Å². The Morgan fingerprint density at radius 3 is 2.80 bits per heavy atom. The van der Waals surface area contributed by atoms with Gasteiger partial charge in [-0.05, 0) is 24.3 Å². The number of rotatable bonds is 9. The van der Waals surface area contributed by atoms with Crippen molar-refractivity contribution in [1.29, 1.82) is 0 Å². The molecule has 0 aliphatic heterocycles. The third-order valence-electron chi connectivity index (χ3n) is 2.49. The second-order valence-corrected chi connectivity index (χ2v) is 5.19. The molecule has 0 unspecified atom stereocenters. The lowest BCUT2D eigenvalue weighted by molar-refractivity contribution is -0.384. The largest absolute Gasteiger partial charge is 0.396 e. The summed E-state index contributed by atoms with van der Waals surface area (Å²) >= 11 is 1.65. The van der Waals surface area contributed by atoms with Gasteiger partial charge in [0, 0.05) is 30.5 Å². The first kappa shape index (κ1) is 16.3. The standard InChI is InChI=1S/C12H17N3O4S/c13-12(17)9-2-3-10(11(8-9)15(18)19)14-4-7-20-6-1-5-16/h2-3,8,14,16H,1,4-7H2,(H2,13,17). The van der Waals surface area contributed by atoms with Crippen LogP contribution in [0.1, 0.15) is 16.8 Å². The highest BCUT2D eigenvalue weighted by atomic mass is 32.2. The number of anilines is 1. The maximum absolute atomic E-state index is 11.0. The SMILES string of the molecule is NC(=O)c1ccc(NCCSCCCO)c([N+](=O)[O-])c1. The Balaban J connectivity index is 2.60. The van der Waals surface area contributed by atoms with Crippen molar-refractivity contribution in [3.8, 4) is 0 Å².